The summed E-state index contributed by atoms with van der Waals surface area (Å²) in [7, 11) is 0. The molecule has 0 N–H and O–H groups in total. The van der Waals surface area contributed by atoms with Gasteiger partial charge in [-0.25, -0.2) is 0 Å². The van der Waals surface area contributed by atoms with Crippen molar-refractivity contribution in [2.24, 2.45) is 0 Å². The molecule has 6 nitrogen and oxygen atoms in total. The summed E-state index contributed by atoms with van der Waals surface area (Å²) in [4.78, 5) is 28.8. The van der Waals surface area contributed by atoms with Gasteiger partial charge in [-0.05, 0) is 31.9 Å². The summed E-state index contributed by atoms with van der Waals surface area (Å²) in [5.74, 6) is 0.732. The molecule has 0 unspecified atom stereocenters. The monoisotopic (exact) mass is 367 g/mol. The SMILES string of the molecule is Cc1noc(C)c1CC(=O)N1CCCN(C(=O)/C=C/c2ccccc2)CC1. The quantitative estimate of drug-likeness (QED) is 0.779. The van der Waals surface area contributed by atoms with Crippen LogP contribution in [-0.2, 0) is 16.0 Å². The number of hydrogen-bond donors (Lipinski definition) is 0. The highest BCUT2D eigenvalue weighted by Gasteiger charge is 2.23. The van der Waals surface area contributed by atoms with E-state index in [4.69, 9.17) is 4.52 Å². The van der Waals surface area contributed by atoms with Crippen LogP contribution < -0.4 is 0 Å². The molecule has 0 spiro atoms. The van der Waals surface area contributed by atoms with E-state index in [-0.39, 0.29) is 11.8 Å². The fourth-order valence-corrected chi connectivity index (χ4v) is 3.24. The lowest BCUT2D eigenvalue weighted by atomic mass is 10.1. The predicted octanol–water partition coefficient (Wildman–Crippen LogP) is 2.61. The molecule has 1 aliphatic rings. The van der Waals surface area contributed by atoms with Crippen LogP contribution in [0.25, 0.3) is 6.08 Å². The Morgan fingerprint density at radius 1 is 1.07 bits per heavy atom. The van der Waals surface area contributed by atoms with Crippen LogP contribution in [0.5, 0.6) is 0 Å². The van der Waals surface area contributed by atoms with Crippen LogP contribution in [0.4, 0.5) is 0 Å². The third kappa shape index (κ3) is 4.84. The fraction of sp³-hybridized carbons (Fsp3) is 0.381. The first-order chi connectivity index (χ1) is 13.0. The molecule has 0 radical (unpaired) electrons. The van der Waals surface area contributed by atoms with Gasteiger partial charge in [0.15, 0.2) is 0 Å². The standard InChI is InChI=1S/C21H25N3O3/c1-16-19(17(2)27-22-16)15-21(26)24-12-6-11-23(13-14-24)20(25)10-9-18-7-4-3-5-8-18/h3-5,7-10H,6,11-15H2,1-2H3/b10-9+. The Balaban J connectivity index is 1.56. The van der Waals surface area contributed by atoms with Gasteiger partial charge in [-0.15, -0.1) is 0 Å². The minimum absolute atomic E-state index is 0.0149. The maximum atomic E-state index is 12.6. The van der Waals surface area contributed by atoms with E-state index in [1.54, 1.807) is 6.08 Å². The molecular formula is C21H25N3O3. The van der Waals surface area contributed by atoms with Gasteiger partial charge in [-0.3, -0.25) is 9.59 Å². The van der Waals surface area contributed by atoms with Gasteiger partial charge in [0.25, 0.3) is 0 Å². The number of benzene rings is 1. The second-order valence-electron chi connectivity index (χ2n) is 6.78. The highest BCUT2D eigenvalue weighted by Crippen LogP contribution is 2.15. The number of rotatable bonds is 4. The Hall–Kier alpha value is -2.89. The molecule has 0 atom stereocenters. The molecular weight excluding hydrogens is 342 g/mol. The van der Waals surface area contributed by atoms with Crippen LogP contribution in [-0.4, -0.2) is 52.9 Å². The van der Waals surface area contributed by atoms with E-state index in [1.165, 1.54) is 0 Å². The maximum Gasteiger partial charge on any atom is 0.246 e. The second kappa shape index (κ2) is 8.66. The van der Waals surface area contributed by atoms with E-state index in [2.05, 4.69) is 5.16 Å². The molecule has 1 aromatic carbocycles. The number of carbonyl (C=O) groups excluding carboxylic acids is 2. The average molecular weight is 367 g/mol. The molecule has 3 rings (SSSR count). The third-order valence-electron chi connectivity index (χ3n) is 4.89. The molecule has 1 fully saturated rings. The fourth-order valence-electron chi connectivity index (χ4n) is 3.24. The van der Waals surface area contributed by atoms with Crippen LogP contribution in [0.15, 0.2) is 40.9 Å². The molecule has 27 heavy (non-hydrogen) atoms. The zero-order valence-corrected chi connectivity index (χ0v) is 15.9. The second-order valence-corrected chi connectivity index (χ2v) is 6.78. The molecule has 1 aliphatic heterocycles. The van der Waals surface area contributed by atoms with Crippen molar-refractivity contribution >= 4 is 17.9 Å². The summed E-state index contributed by atoms with van der Waals surface area (Å²) in [5, 5.41) is 3.91. The van der Waals surface area contributed by atoms with Crippen molar-refractivity contribution in [1.29, 1.82) is 0 Å². The molecule has 0 bridgehead atoms. The van der Waals surface area contributed by atoms with Crippen molar-refractivity contribution in [2.45, 2.75) is 26.7 Å². The number of aromatic nitrogens is 1. The summed E-state index contributed by atoms with van der Waals surface area (Å²) in [5.41, 5.74) is 2.62. The summed E-state index contributed by atoms with van der Waals surface area (Å²) in [6.45, 7) is 6.09. The maximum absolute atomic E-state index is 12.6. The van der Waals surface area contributed by atoms with Crippen LogP contribution in [0, 0.1) is 13.8 Å². The van der Waals surface area contributed by atoms with E-state index in [0.29, 0.717) is 38.4 Å². The Labute approximate surface area is 159 Å². The van der Waals surface area contributed by atoms with E-state index < -0.39 is 0 Å². The van der Waals surface area contributed by atoms with Crippen molar-refractivity contribution in [3.63, 3.8) is 0 Å². The summed E-state index contributed by atoms with van der Waals surface area (Å²) >= 11 is 0. The lowest BCUT2D eigenvalue weighted by molar-refractivity contribution is -0.131. The van der Waals surface area contributed by atoms with E-state index in [0.717, 1.165) is 23.2 Å². The third-order valence-corrected chi connectivity index (χ3v) is 4.89. The Bertz CT molecular complexity index is 807. The largest absolute Gasteiger partial charge is 0.361 e. The smallest absolute Gasteiger partial charge is 0.246 e. The first-order valence-corrected chi connectivity index (χ1v) is 9.26. The topological polar surface area (TPSA) is 66.7 Å². The van der Waals surface area contributed by atoms with Gasteiger partial charge in [0.2, 0.25) is 11.8 Å². The molecule has 2 heterocycles. The minimum Gasteiger partial charge on any atom is -0.361 e. The van der Waals surface area contributed by atoms with Crippen molar-refractivity contribution < 1.29 is 14.1 Å². The van der Waals surface area contributed by atoms with E-state index in [1.807, 2.05) is 60.1 Å². The van der Waals surface area contributed by atoms with Gasteiger partial charge < -0.3 is 14.3 Å². The lowest BCUT2D eigenvalue weighted by Crippen LogP contribution is -2.37. The Kier molecular flexibility index (Phi) is 6.06. The van der Waals surface area contributed by atoms with Crippen LogP contribution in [0.3, 0.4) is 0 Å². The molecule has 142 valence electrons. The van der Waals surface area contributed by atoms with Gasteiger partial charge >= 0.3 is 0 Å². The molecule has 0 aliphatic carbocycles. The number of amides is 2. The van der Waals surface area contributed by atoms with E-state index >= 15 is 0 Å². The van der Waals surface area contributed by atoms with Gasteiger partial charge in [0, 0.05) is 37.8 Å². The highest BCUT2D eigenvalue weighted by molar-refractivity contribution is 5.91. The highest BCUT2D eigenvalue weighted by atomic mass is 16.5. The van der Waals surface area contributed by atoms with Crippen molar-refractivity contribution in [1.82, 2.24) is 15.0 Å². The molecule has 6 heteroatoms. The number of nitrogens with zero attached hydrogens (tertiary/aromatic N) is 3. The van der Waals surface area contributed by atoms with Crippen LogP contribution in [0.1, 0.15) is 29.0 Å². The summed E-state index contributed by atoms with van der Waals surface area (Å²) < 4.78 is 5.14. The first-order valence-electron chi connectivity index (χ1n) is 9.26. The van der Waals surface area contributed by atoms with Gasteiger partial charge in [0.05, 0.1) is 12.1 Å². The Morgan fingerprint density at radius 2 is 1.78 bits per heavy atom. The number of carbonyl (C=O) groups is 2. The molecule has 1 saturated heterocycles. The average Bonchev–Trinajstić information content (AvgIpc) is 2.89. The lowest BCUT2D eigenvalue weighted by Gasteiger charge is -2.21. The van der Waals surface area contributed by atoms with Crippen LogP contribution in [0.2, 0.25) is 0 Å². The van der Waals surface area contributed by atoms with Crippen molar-refractivity contribution in [3.05, 3.63) is 59.0 Å². The normalized spacial score (nSPS) is 15.2. The van der Waals surface area contributed by atoms with E-state index in [9.17, 15) is 9.59 Å². The first kappa shape index (κ1) is 18.9. The van der Waals surface area contributed by atoms with Gasteiger partial charge in [0.1, 0.15) is 5.76 Å². The van der Waals surface area contributed by atoms with Gasteiger partial charge in [-0.1, -0.05) is 35.5 Å². The predicted molar refractivity (Wildman–Crippen MR) is 103 cm³/mol. The molecule has 0 saturated carbocycles. The number of hydrogen-bond acceptors (Lipinski definition) is 4. The van der Waals surface area contributed by atoms with Crippen molar-refractivity contribution in [3.8, 4) is 0 Å². The molecule has 1 aromatic heterocycles. The minimum atomic E-state index is -0.0149. The molecule has 2 amide bonds. The van der Waals surface area contributed by atoms with Crippen LogP contribution >= 0.6 is 0 Å². The zero-order valence-electron chi connectivity index (χ0n) is 15.9. The Morgan fingerprint density at radius 3 is 2.48 bits per heavy atom. The van der Waals surface area contributed by atoms with Gasteiger partial charge in [-0.2, -0.15) is 0 Å². The van der Waals surface area contributed by atoms with Crippen molar-refractivity contribution in [2.75, 3.05) is 26.2 Å². The summed E-state index contributed by atoms with van der Waals surface area (Å²) in [6.07, 6.45) is 4.51. The number of aryl methyl sites for hydroxylation is 2. The molecule has 2 aromatic rings. The summed E-state index contributed by atoms with van der Waals surface area (Å²) in [6, 6.07) is 9.75. The zero-order chi connectivity index (χ0) is 19.2.